The molecular weight excluding hydrogens is 734 g/mol. The van der Waals surface area contributed by atoms with E-state index in [1.807, 2.05) is 0 Å². The number of hydrogen-bond acceptors (Lipinski definition) is 15. The number of carbonyl (C=O) groups is 4. The van der Waals surface area contributed by atoms with Gasteiger partial charge in [-0.3, -0.25) is 29.9 Å². The highest BCUT2D eigenvalue weighted by molar-refractivity contribution is 8.03. The van der Waals surface area contributed by atoms with E-state index in [4.69, 9.17) is 14.0 Å². The zero-order valence-corrected chi connectivity index (χ0v) is 29.4. The van der Waals surface area contributed by atoms with Crippen molar-refractivity contribution in [3.8, 4) is 0 Å². The van der Waals surface area contributed by atoms with E-state index in [-0.39, 0.29) is 61.5 Å². The van der Waals surface area contributed by atoms with E-state index in [9.17, 15) is 49.6 Å². The van der Waals surface area contributed by atoms with Crippen LogP contribution in [0.15, 0.2) is 63.7 Å². The zero-order valence-electron chi connectivity index (χ0n) is 28.6. The van der Waals surface area contributed by atoms with Crippen LogP contribution < -0.4 is 5.32 Å². The van der Waals surface area contributed by atoms with E-state index in [2.05, 4.69) is 15.5 Å². The van der Waals surface area contributed by atoms with Crippen molar-refractivity contribution in [1.29, 1.82) is 0 Å². The average molecular weight is 768 g/mol. The van der Waals surface area contributed by atoms with Gasteiger partial charge in [-0.15, -0.1) is 11.8 Å². The number of fused-ring (bicyclic) bond motifs is 1. The summed E-state index contributed by atoms with van der Waals surface area (Å²) in [5.41, 5.74) is 0.597. The molecule has 2 saturated heterocycles. The van der Waals surface area contributed by atoms with Crippen LogP contribution >= 0.6 is 11.8 Å². The van der Waals surface area contributed by atoms with Crippen LogP contribution in [0.3, 0.4) is 0 Å². The SMILES string of the molecule is C[C@@H](O)[C@H]1C(=O)N2C(C(=O)O)=C(S[C@H]3C[C@@H](c4nc(CNC(=O)OCc5ccc([N+](=O)[O-])cc5)no4)N(C(=O)OCc4ccc([N+](=O)[O-])cc4)C3)[C@H](C)[C@H]12. The number of likely N-dealkylation sites (tertiary alicyclic amines) is 1. The summed E-state index contributed by atoms with van der Waals surface area (Å²) in [5.74, 6) is -2.89. The van der Waals surface area contributed by atoms with Crippen LogP contribution in [0, 0.1) is 32.1 Å². The molecule has 6 rings (SSSR count). The summed E-state index contributed by atoms with van der Waals surface area (Å²) in [7, 11) is 0. The number of aliphatic carboxylic acids is 1. The Balaban J connectivity index is 1.15. The number of amides is 3. The van der Waals surface area contributed by atoms with Crippen LogP contribution in [-0.2, 0) is 38.8 Å². The fourth-order valence-electron chi connectivity index (χ4n) is 6.66. The lowest BCUT2D eigenvalue weighted by Gasteiger charge is -2.46. The number of β-lactam (4-membered cyclic amide) rings is 1. The van der Waals surface area contributed by atoms with Gasteiger partial charge in [-0.1, -0.05) is 12.1 Å². The number of hydrogen-bond donors (Lipinski definition) is 3. The summed E-state index contributed by atoms with van der Waals surface area (Å²) in [6.45, 7) is 2.71. The van der Waals surface area contributed by atoms with Gasteiger partial charge in [-0.25, -0.2) is 14.4 Å². The fraction of sp³-hybridized carbons (Fsp3) is 0.394. The van der Waals surface area contributed by atoms with E-state index < -0.39 is 69.2 Å². The lowest BCUT2D eigenvalue weighted by molar-refractivity contribution is -0.385. The predicted octanol–water partition coefficient (Wildman–Crippen LogP) is 3.65. The van der Waals surface area contributed by atoms with Crippen molar-refractivity contribution in [3.63, 3.8) is 0 Å². The summed E-state index contributed by atoms with van der Waals surface area (Å²) in [4.78, 5) is 79.2. The van der Waals surface area contributed by atoms with Crippen molar-refractivity contribution in [2.24, 2.45) is 11.8 Å². The molecule has 0 saturated carbocycles. The second kappa shape index (κ2) is 15.5. The van der Waals surface area contributed by atoms with Crippen molar-refractivity contribution in [1.82, 2.24) is 25.3 Å². The molecule has 4 heterocycles. The van der Waals surface area contributed by atoms with Crippen molar-refractivity contribution >= 4 is 47.2 Å². The molecule has 0 unspecified atom stereocenters. The van der Waals surface area contributed by atoms with Gasteiger partial charge in [0.25, 0.3) is 11.4 Å². The van der Waals surface area contributed by atoms with Crippen LogP contribution in [0.25, 0.3) is 0 Å². The first-order valence-corrected chi connectivity index (χ1v) is 17.4. The number of nitro groups is 2. The molecule has 6 atom stereocenters. The Hall–Kier alpha value is -6.09. The van der Waals surface area contributed by atoms with Crippen molar-refractivity contribution in [2.45, 2.75) is 63.5 Å². The smallest absolute Gasteiger partial charge is 0.410 e. The molecule has 1 aromatic heterocycles. The Labute approximate surface area is 309 Å². The number of carboxylic acid groups (broad SMARTS) is 1. The zero-order chi connectivity index (χ0) is 38.8. The van der Waals surface area contributed by atoms with Crippen LogP contribution in [0.1, 0.15) is 49.2 Å². The number of ether oxygens (including phenoxy) is 2. The van der Waals surface area contributed by atoms with Gasteiger partial charge in [0.05, 0.1) is 34.5 Å². The number of nitro benzene ring substituents is 2. The third-order valence-corrected chi connectivity index (χ3v) is 10.8. The van der Waals surface area contributed by atoms with Crippen LogP contribution in [-0.4, -0.2) is 88.0 Å². The van der Waals surface area contributed by atoms with Crippen LogP contribution in [0.2, 0.25) is 0 Å². The number of nitrogens with one attached hydrogen (secondary N) is 1. The number of aliphatic hydroxyl groups excluding tert-OH is 1. The maximum absolute atomic E-state index is 13.5. The number of thioether (sulfide) groups is 1. The van der Waals surface area contributed by atoms with Crippen molar-refractivity contribution in [3.05, 3.63) is 102 Å². The fourth-order valence-corrected chi connectivity index (χ4v) is 8.18. The highest BCUT2D eigenvalue weighted by Crippen LogP contribution is 2.53. The number of carboxylic acids is 1. The number of carbonyl (C=O) groups excluding carboxylic acids is 3. The monoisotopic (exact) mass is 767 g/mol. The molecule has 284 valence electrons. The summed E-state index contributed by atoms with van der Waals surface area (Å²) in [6, 6.07) is 9.55. The highest BCUT2D eigenvalue weighted by atomic mass is 32.2. The summed E-state index contributed by atoms with van der Waals surface area (Å²) >= 11 is 1.20. The molecule has 2 aromatic carbocycles. The molecule has 3 aromatic rings. The number of aliphatic hydroxyl groups is 1. The first kappa shape index (κ1) is 37.7. The number of non-ortho nitro benzene ring substituents is 2. The number of benzene rings is 2. The number of nitrogens with zero attached hydrogens (tertiary/aromatic N) is 6. The maximum atomic E-state index is 13.5. The minimum Gasteiger partial charge on any atom is -0.477 e. The lowest BCUT2D eigenvalue weighted by atomic mass is 9.79. The maximum Gasteiger partial charge on any atom is 0.410 e. The molecule has 3 aliphatic rings. The highest BCUT2D eigenvalue weighted by Gasteiger charge is 2.60. The third kappa shape index (κ3) is 7.67. The van der Waals surface area contributed by atoms with Gasteiger partial charge < -0.3 is 34.4 Å². The second-order valence-electron chi connectivity index (χ2n) is 12.8. The van der Waals surface area contributed by atoms with Gasteiger partial charge in [-0.05, 0) is 48.7 Å². The minimum atomic E-state index is -1.29. The quantitative estimate of drug-likeness (QED) is 0.127. The van der Waals surface area contributed by atoms with Gasteiger partial charge in [0.15, 0.2) is 5.82 Å². The molecule has 3 N–H and O–H groups in total. The standard InChI is InChI=1S/C33H33N7O13S/c1-16-26-25(17(2)41)30(42)38(26)27(31(43)44)28(16)54-22-11-23(37(13-22)33(46)52-15-19-5-9-21(10-6-19)40(49)50)29-35-24(36-53-29)12-34-32(45)51-14-18-3-7-20(8-4-18)39(47)48/h3-10,16-17,22-23,25-26,41H,11-15H2,1-2H3,(H,34,45)(H,43,44)/t16-,17-,22+,23+,25-,26-/m1/s1. The Kier molecular flexibility index (Phi) is 10.8. The van der Waals surface area contributed by atoms with E-state index in [1.165, 1.54) is 77.0 Å². The largest absolute Gasteiger partial charge is 0.477 e. The van der Waals surface area contributed by atoms with E-state index >= 15 is 0 Å². The molecular formula is C33H33N7O13S. The Bertz CT molecular complexity index is 2000. The first-order valence-electron chi connectivity index (χ1n) is 16.5. The van der Waals surface area contributed by atoms with Crippen LogP contribution in [0.4, 0.5) is 21.0 Å². The van der Waals surface area contributed by atoms with E-state index in [1.54, 1.807) is 6.92 Å². The topological polar surface area (TPSA) is 271 Å². The number of aromatic nitrogens is 2. The molecule has 0 bridgehead atoms. The summed E-state index contributed by atoms with van der Waals surface area (Å²) < 4.78 is 16.2. The Morgan fingerprint density at radius 2 is 1.63 bits per heavy atom. The summed E-state index contributed by atoms with van der Waals surface area (Å²) in [5, 5.41) is 48.1. The predicted molar refractivity (Wildman–Crippen MR) is 183 cm³/mol. The average Bonchev–Trinajstić information content (AvgIpc) is 3.84. The molecule has 0 spiro atoms. The van der Waals surface area contributed by atoms with Gasteiger partial charge in [-0.2, -0.15) is 4.98 Å². The van der Waals surface area contributed by atoms with Gasteiger partial charge in [0.2, 0.25) is 11.8 Å². The molecule has 2 fully saturated rings. The molecule has 0 aliphatic carbocycles. The normalized spacial score (nSPS) is 22.4. The molecule has 0 radical (unpaired) electrons. The third-order valence-electron chi connectivity index (χ3n) is 9.29. The number of alkyl carbamates (subject to hydrolysis) is 1. The van der Waals surface area contributed by atoms with Gasteiger partial charge >= 0.3 is 18.2 Å². The lowest BCUT2D eigenvalue weighted by Crippen LogP contribution is -2.63. The summed E-state index contributed by atoms with van der Waals surface area (Å²) in [6.07, 6.45) is -2.39. The van der Waals surface area contributed by atoms with Crippen molar-refractivity contribution < 1.29 is 53.2 Å². The van der Waals surface area contributed by atoms with E-state index in [0.717, 1.165) is 0 Å². The molecule has 3 amide bonds. The first-order chi connectivity index (χ1) is 25.7. The minimum absolute atomic E-state index is 0.00140. The second-order valence-corrected chi connectivity index (χ2v) is 14.1. The van der Waals surface area contributed by atoms with Gasteiger partial charge in [0, 0.05) is 46.9 Å². The van der Waals surface area contributed by atoms with Crippen molar-refractivity contribution in [2.75, 3.05) is 6.54 Å². The Morgan fingerprint density at radius 3 is 2.19 bits per heavy atom. The molecule has 54 heavy (non-hydrogen) atoms. The molecule has 21 heteroatoms. The van der Waals surface area contributed by atoms with E-state index in [0.29, 0.717) is 16.0 Å². The molecule has 3 aliphatic heterocycles. The van der Waals surface area contributed by atoms with Crippen LogP contribution in [0.5, 0.6) is 0 Å². The van der Waals surface area contributed by atoms with Gasteiger partial charge in [0.1, 0.15) is 25.0 Å². The number of rotatable bonds is 13. The molecule has 20 nitrogen and oxygen atoms in total. The Morgan fingerprint density at radius 1 is 1.04 bits per heavy atom.